The highest BCUT2D eigenvalue weighted by atomic mass is 19.1. The Kier molecular flexibility index (Phi) is 4.77. The van der Waals surface area contributed by atoms with Crippen molar-refractivity contribution < 1.29 is 14.3 Å². The second-order valence-corrected chi connectivity index (χ2v) is 5.33. The molecule has 0 aliphatic rings. The van der Waals surface area contributed by atoms with E-state index in [9.17, 15) is 14.3 Å². The molecule has 23 heavy (non-hydrogen) atoms. The monoisotopic (exact) mass is 316 g/mol. The average molecular weight is 316 g/mol. The molecule has 1 unspecified atom stereocenters. The first-order valence-corrected chi connectivity index (χ1v) is 6.99. The molecule has 0 spiro atoms. The molecule has 0 saturated carbocycles. The number of aliphatic hydroxyl groups is 1. The van der Waals surface area contributed by atoms with Crippen molar-refractivity contribution in [2.24, 2.45) is 7.05 Å². The number of carbonyl (C=O) groups excluding carboxylic acids is 1. The van der Waals surface area contributed by atoms with Crippen LogP contribution in [0.25, 0.3) is 0 Å². The zero-order chi connectivity index (χ0) is 17.1. The zero-order valence-corrected chi connectivity index (χ0v) is 13.1. The molecule has 7 heteroatoms. The number of hydrogen-bond donors (Lipinski definition) is 1. The number of aliphatic hydroxyl groups excluding tert-OH is 1. The van der Waals surface area contributed by atoms with E-state index in [0.29, 0.717) is 11.4 Å². The summed E-state index contributed by atoms with van der Waals surface area (Å²) in [4.78, 5) is 13.9. The van der Waals surface area contributed by atoms with Crippen molar-refractivity contribution in [3.05, 3.63) is 52.6 Å². The summed E-state index contributed by atoms with van der Waals surface area (Å²) in [5, 5.41) is 22.8. The van der Waals surface area contributed by atoms with Crippen LogP contribution in [0.2, 0.25) is 0 Å². The number of nitriles is 1. The summed E-state index contributed by atoms with van der Waals surface area (Å²) >= 11 is 0. The minimum atomic E-state index is -0.960. The van der Waals surface area contributed by atoms with Crippen LogP contribution in [0.15, 0.2) is 24.3 Å². The second-order valence-electron chi connectivity index (χ2n) is 5.33. The quantitative estimate of drug-likeness (QED) is 0.931. The highest BCUT2D eigenvalue weighted by Gasteiger charge is 2.20. The molecule has 0 aliphatic heterocycles. The Hall–Kier alpha value is -2.72. The van der Waals surface area contributed by atoms with Gasteiger partial charge in [-0.3, -0.25) is 9.48 Å². The number of aryl methyl sites for hydroxylation is 1. The minimum absolute atomic E-state index is 0.199. The van der Waals surface area contributed by atoms with Crippen LogP contribution in [-0.2, 0) is 13.6 Å². The molecule has 1 atom stereocenters. The lowest BCUT2D eigenvalue weighted by atomic mass is 10.0. The molecule has 0 fully saturated rings. The highest BCUT2D eigenvalue weighted by Crippen LogP contribution is 2.21. The molecule has 6 nitrogen and oxygen atoms in total. The fraction of sp³-hybridized carbons (Fsp3) is 0.312. The van der Waals surface area contributed by atoms with Crippen LogP contribution >= 0.6 is 0 Å². The molecule has 0 saturated heterocycles. The van der Waals surface area contributed by atoms with Gasteiger partial charge in [-0.15, -0.1) is 0 Å². The topological polar surface area (TPSA) is 82.1 Å². The summed E-state index contributed by atoms with van der Waals surface area (Å²) in [6, 6.07) is 7.30. The first kappa shape index (κ1) is 16.6. The zero-order valence-electron chi connectivity index (χ0n) is 13.1. The minimum Gasteiger partial charge on any atom is -0.389 e. The van der Waals surface area contributed by atoms with Crippen molar-refractivity contribution in [1.29, 1.82) is 5.26 Å². The van der Waals surface area contributed by atoms with Crippen molar-refractivity contribution in [2.45, 2.75) is 19.6 Å². The summed E-state index contributed by atoms with van der Waals surface area (Å²) in [7, 11) is 3.23. The third-order valence-corrected chi connectivity index (χ3v) is 3.48. The molecule has 1 amide bonds. The molecular weight excluding hydrogens is 299 g/mol. The number of hydrogen-bond acceptors (Lipinski definition) is 4. The van der Waals surface area contributed by atoms with Gasteiger partial charge in [0.05, 0.1) is 18.3 Å². The van der Waals surface area contributed by atoms with E-state index in [0.717, 1.165) is 6.07 Å². The van der Waals surface area contributed by atoms with Crippen LogP contribution in [0.1, 0.15) is 40.3 Å². The van der Waals surface area contributed by atoms with Gasteiger partial charge in [0.25, 0.3) is 5.91 Å². The van der Waals surface area contributed by atoms with E-state index in [-0.39, 0.29) is 23.6 Å². The lowest BCUT2D eigenvalue weighted by molar-refractivity contribution is 0.0776. The summed E-state index contributed by atoms with van der Waals surface area (Å²) in [5.41, 5.74) is 1.44. The Morgan fingerprint density at radius 3 is 2.78 bits per heavy atom. The van der Waals surface area contributed by atoms with Gasteiger partial charge in [-0.2, -0.15) is 10.4 Å². The van der Waals surface area contributed by atoms with E-state index >= 15 is 0 Å². The molecule has 1 N–H and O–H groups in total. The summed E-state index contributed by atoms with van der Waals surface area (Å²) < 4.78 is 14.8. The normalized spacial score (nSPS) is 11.8. The first-order chi connectivity index (χ1) is 10.8. The lowest BCUT2D eigenvalue weighted by Crippen LogP contribution is -2.27. The van der Waals surface area contributed by atoms with Gasteiger partial charge in [0, 0.05) is 19.7 Å². The van der Waals surface area contributed by atoms with Crippen molar-refractivity contribution in [2.75, 3.05) is 7.05 Å². The number of nitrogens with zero attached hydrogens (tertiary/aromatic N) is 4. The second kappa shape index (κ2) is 6.58. The first-order valence-electron chi connectivity index (χ1n) is 6.99. The van der Waals surface area contributed by atoms with Gasteiger partial charge >= 0.3 is 0 Å². The van der Waals surface area contributed by atoms with Crippen LogP contribution in [-0.4, -0.2) is 32.7 Å². The van der Waals surface area contributed by atoms with Crippen LogP contribution in [0, 0.1) is 17.1 Å². The molecule has 0 radical (unpaired) electrons. The van der Waals surface area contributed by atoms with Crippen LogP contribution in [0.5, 0.6) is 0 Å². The number of amides is 1. The van der Waals surface area contributed by atoms with Gasteiger partial charge in [0.15, 0.2) is 0 Å². The Bertz CT molecular complexity index is 777. The molecule has 1 heterocycles. The van der Waals surface area contributed by atoms with E-state index < -0.39 is 11.9 Å². The number of halogens is 1. The third kappa shape index (κ3) is 3.55. The molecule has 1 aromatic heterocycles. The van der Waals surface area contributed by atoms with Crippen LogP contribution < -0.4 is 0 Å². The van der Waals surface area contributed by atoms with Crippen molar-refractivity contribution in [1.82, 2.24) is 14.7 Å². The molecule has 2 aromatic rings. The third-order valence-electron chi connectivity index (χ3n) is 3.48. The Labute approximate surface area is 133 Å². The molecule has 0 aliphatic carbocycles. The number of carbonyl (C=O) groups is 1. The van der Waals surface area contributed by atoms with E-state index in [4.69, 9.17) is 5.26 Å². The molecular formula is C16H17FN4O2. The predicted octanol–water partition coefficient (Wildman–Crippen LogP) is 1.76. The number of benzene rings is 1. The van der Waals surface area contributed by atoms with Gasteiger partial charge in [-0.25, -0.2) is 4.39 Å². The smallest absolute Gasteiger partial charge is 0.254 e. The Balaban J connectivity index is 2.24. The fourth-order valence-corrected chi connectivity index (χ4v) is 2.30. The summed E-state index contributed by atoms with van der Waals surface area (Å²) in [6.45, 7) is 1.68. The van der Waals surface area contributed by atoms with Crippen LogP contribution in [0.4, 0.5) is 4.39 Å². The predicted molar refractivity (Wildman–Crippen MR) is 80.8 cm³/mol. The van der Waals surface area contributed by atoms with E-state index in [1.807, 2.05) is 6.07 Å². The van der Waals surface area contributed by atoms with Crippen LogP contribution in [0.3, 0.4) is 0 Å². The maximum absolute atomic E-state index is 13.3. The van der Waals surface area contributed by atoms with Gasteiger partial charge in [-0.05, 0) is 36.8 Å². The van der Waals surface area contributed by atoms with Crippen molar-refractivity contribution in [3.8, 4) is 6.07 Å². The van der Waals surface area contributed by atoms with Crippen molar-refractivity contribution in [3.63, 3.8) is 0 Å². The largest absolute Gasteiger partial charge is 0.389 e. The maximum atomic E-state index is 13.3. The average Bonchev–Trinajstić information content (AvgIpc) is 2.85. The van der Waals surface area contributed by atoms with Gasteiger partial charge in [-0.1, -0.05) is 0 Å². The summed E-state index contributed by atoms with van der Waals surface area (Å²) in [6.07, 6.45) is -0.960. The van der Waals surface area contributed by atoms with Gasteiger partial charge in [0.1, 0.15) is 17.6 Å². The van der Waals surface area contributed by atoms with Gasteiger partial charge < -0.3 is 10.0 Å². The highest BCUT2D eigenvalue weighted by molar-refractivity contribution is 5.95. The van der Waals surface area contributed by atoms with Gasteiger partial charge in [0.2, 0.25) is 0 Å². The SMILES string of the molecule is CC(O)c1cc(F)ccc1C(=O)N(C)Cc1cc(C#N)n(C)n1. The Morgan fingerprint density at radius 2 is 2.22 bits per heavy atom. The van der Waals surface area contributed by atoms with E-state index in [1.54, 1.807) is 20.2 Å². The number of aromatic nitrogens is 2. The molecule has 120 valence electrons. The molecule has 1 aromatic carbocycles. The molecule has 0 bridgehead atoms. The number of rotatable bonds is 4. The fourth-order valence-electron chi connectivity index (χ4n) is 2.30. The maximum Gasteiger partial charge on any atom is 0.254 e. The standard InChI is InChI=1S/C16H17FN4O2/c1-10(22)15-6-11(17)4-5-14(15)16(23)20(2)9-12-7-13(8-18)21(3)19-12/h4-7,10,22H,9H2,1-3H3. The Morgan fingerprint density at radius 1 is 1.52 bits per heavy atom. The van der Waals surface area contributed by atoms with E-state index in [2.05, 4.69) is 5.10 Å². The lowest BCUT2D eigenvalue weighted by Gasteiger charge is -2.19. The van der Waals surface area contributed by atoms with E-state index in [1.165, 1.54) is 28.6 Å². The van der Waals surface area contributed by atoms with Crippen molar-refractivity contribution >= 4 is 5.91 Å². The summed E-state index contributed by atoms with van der Waals surface area (Å²) in [5.74, 6) is -0.867. The molecule has 2 rings (SSSR count).